The van der Waals surface area contributed by atoms with Crippen molar-refractivity contribution in [3.8, 4) is 0 Å². The van der Waals surface area contributed by atoms with Gasteiger partial charge in [0.2, 0.25) is 0 Å². The lowest BCUT2D eigenvalue weighted by atomic mass is 10.2. The molecule has 5 nitrogen and oxygen atoms in total. The maximum atomic E-state index is 11.7. The molecule has 1 atom stereocenters. The number of urea groups is 1. The fraction of sp³-hybridized carbons (Fsp3) is 0.417. The van der Waals surface area contributed by atoms with Crippen LogP contribution in [0.2, 0.25) is 0 Å². The number of anilines is 1. The van der Waals surface area contributed by atoms with E-state index in [0.29, 0.717) is 18.5 Å². The summed E-state index contributed by atoms with van der Waals surface area (Å²) in [4.78, 5) is 11.7. The normalized spacial score (nSPS) is 22.1. The van der Waals surface area contributed by atoms with E-state index >= 15 is 0 Å². The molecule has 1 fully saturated rings. The lowest BCUT2D eigenvalue weighted by molar-refractivity contribution is 0.248. The Balaban J connectivity index is 1.88. The molecule has 0 saturated carbocycles. The van der Waals surface area contributed by atoms with Crippen LogP contribution < -0.4 is 10.6 Å². The number of hydrogen-bond donors (Lipinski definition) is 2. The molecule has 6 heteroatoms. The van der Waals surface area contributed by atoms with Crippen LogP contribution in [0.5, 0.6) is 0 Å². The summed E-state index contributed by atoms with van der Waals surface area (Å²) in [5.41, 5.74) is 0.689. The molecule has 1 aliphatic heterocycles. The van der Waals surface area contributed by atoms with E-state index in [0.717, 1.165) is 0 Å². The number of amides is 2. The highest BCUT2D eigenvalue weighted by Crippen LogP contribution is 2.12. The van der Waals surface area contributed by atoms with Crippen LogP contribution in [0.1, 0.15) is 12.8 Å². The molecule has 2 N–H and O–H groups in total. The van der Waals surface area contributed by atoms with E-state index in [4.69, 9.17) is 0 Å². The van der Waals surface area contributed by atoms with Crippen molar-refractivity contribution in [1.82, 2.24) is 5.32 Å². The summed E-state index contributed by atoms with van der Waals surface area (Å²) in [5.74, 6) is 0.265. The van der Waals surface area contributed by atoms with E-state index in [1.54, 1.807) is 12.1 Å². The van der Waals surface area contributed by atoms with Gasteiger partial charge in [-0.2, -0.15) is 0 Å². The Morgan fingerprint density at radius 1 is 1.22 bits per heavy atom. The first-order chi connectivity index (χ1) is 8.55. The molecular weight excluding hydrogens is 252 g/mol. The molecule has 2 amide bonds. The first-order valence-corrected chi connectivity index (χ1v) is 7.70. The second-order valence-electron chi connectivity index (χ2n) is 4.42. The SMILES string of the molecule is O=C(Nc1ccccc1)N[C@@H]1CCCS(=O)(=O)C1. The van der Waals surface area contributed by atoms with Gasteiger partial charge in [-0.25, -0.2) is 13.2 Å². The minimum absolute atomic E-state index is 0.0369. The van der Waals surface area contributed by atoms with Crippen LogP contribution in [0.4, 0.5) is 10.5 Å². The predicted molar refractivity (Wildman–Crippen MR) is 70.3 cm³/mol. The smallest absolute Gasteiger partial charge is 0.319 e. The zero-order valence-corrected chi connectivity index (χ0v) is 10.7. The average Bonchev–Trinajstić information content (AvgIpc) is 2.28. The number of carbonyl (C=O) groups excluding carboxylic acids is 1. The minimum atomic E-state index is -2.99. The van der Waals surface area contributed by atoms with Crippen LogP contribution in [-0.4, -0.2) is 32.0 Å². The van der Waals surface area contributed by atoms with Crippen molar-refractivity contribution in [2.45, 2.75) is 18.9 Å². The average molecular weight is 268 g/mol. The fourth-order valence-electron chi connectivity index (χ4n) is 2.01. The van der Waals surface area contributed by atoms with E-state index in [2.05, 4.69) is 10.6 Å². The van der Waals surface area contributed by atoms with Gasteiger partial charge in [0.25, 0.3) is 0 Å². The van der Waals surface area contributed by atoms with E-state index in [9.17, 15) is 13.2 Å². The summed E-state index contributed by atoms with van der Waals surface area (Å²) in [6.07, 6.45) is 1.32. The number of rotatable bonds is 2. The second-order valence-corrected chi connectivity index (χ2v) is 6.65. The van der Waals surface area contributed by atoms with Gasteiger partial charge in [-0.15, -0.1) is 0 Å². The Hall–Kier alpha value is -1.56. The molecule has 0 bridgehead atoms. The Labute approximate surface area is 107 Å². The summed E-state index contributed by atoms with van der Waals surface area (Å²) < 4.78 is 22.9. The summed E-state index contributed by atoms with van der Waals surface area (Å²) in [6, 6.07) is 8.41. The third-order valence-corrected chi connectivity index (χ3v) is 4.65. The Morgan fingerprint density at radius 3 is 2.61 bits per heavy atom. The first kappa shape index (κ1) is 12.9. The van der Waals surface area contributed by atoms with Crippen LogP contribution >= 0.6 is 0 Å². The zero-order chi connectivity index (χ0) is 13.0. The van der Waals surface area contributed by atoms with Crippen molar-refractivity contribution in [3.63, 3.8) is 0 Å². The summed E-state index contributed by atoms with van der Waals surface area (Å²) in [7, 11) is -2.99. The Bertz CT molecular complexity index is 513. The molecular formula is C12H16N2O3S. The Kier molecular flexibility index (Phi) is 3.86. The van der Waals surface area contributed by atoms with Crippen LogP contribution in [0.15, 0.2) is 30.3 Å². The molecule has 0 aliphatic carbocycles. The third kappa shape index (κ3) is 3.73. The van der Waals surface area contributed by atoms with Crippen molar-refractivity contribution in [2.24, 2.45) is 0 Å². The highest BCUT2D eigenvalue weighted by molar-refractivity contribution is 7.91. The molecule has 2 rings (SSSR count). The standard InChI is InChI=1S/C12H16N2O3S/c15-12(13-10-5-2-1-3-6-10)14-11-7-4-8-18(16,17)9-11/h1-3,5-6,11H,4,7-9H2,(H2,13,14,15)/t11-/m1/s1. The van der Waals surface area contributed by atoms with E-state index < -0.39 is 9.84 Å². The van der Waals surface area contributed by atoms with Gasteiger partial charge in [0.1, 0.15) is 0 Å². The van der Waals surface area contributed by atoms with Gasteiger partial charge in [0.15, 0.2) is 9.84 Å². The topological polar surface area (TPSA) is 75.3 Å². The largest absolute Gasteiger partial charge is 0.334 e. The van der Waals surface area contributed by atoms with Gasteiger partial charge in [-0.1, -0.05) is 18.2 Å². The quantitative estimate of drug-likeness (QED) is 0.851. The van der Waals surface area contributed by atoms with Gasteiger partial charge in [0, 0.05) is 11.7 Å². The number of carbonyl (C=O) groups is 1. The van der Waals surface area contributed by atoms with E-state index in [1.807, 2.05) is 18.2 Å². The molecule has 18 heavy (non-hydrogen) atoms. The minimum Gasteiger partial charge on any atom is -0.334 e. The summed E-state index contributed by atoms with van der Waals surface area (Å²) >= 11 is 0. The molecule has 98 valence electrons. The Morgan fingerprint density at radius 2 is 1.94 bits per heavy atom. The van der Waals surface area contributed by atoms with Gasteiger partial charge in [-0.05, 0) is 25.0 Å². The van der Waals surface area contributed by atoms with Crippen molar-refractivity contribution in [2.75, 3.05) is 16.8 Å². The molecule has 1 saturated heterocycles. The number of nitrogens with one attached hydrogen (secondary N) is 2. The molecule has 1 aromatic carbocycles. The lowest BCUT2D eigenvalue weighted by Crippen LogP contribution is -2.44. The monoisotopic (exact) mass is 268 g/mol. The van der Waals surface area contributed by atoms with E-state index in [-0.39, 0.29) is 23.6 Å². The molecule has 1 aromatic rings. The highest BCUT2D eigenvalue weighted by atomic mass is 32.2. The second kappa shape index (κ2) is 5.39. The number of hydrogen-bond acceptors (Lipinski definition) is 3. The summed E-state index contributed by atoms with van der Waals surface area (Å²) in [6.45, 7) is 0. The van der Waals surface area contributed by atoms with Crippen LogP contribution in [0.3, 0.4) is 0 Å². The molecule has 0 radical (unpaired) electrons. The van der Waals surface area contributed by atoms with Crippen LogP contribution in [-0.2, 0) is 9.84 Å². The van der Waals surface area contributed by atoms with Gasteiger partial charge >= 0.3 is 6.03 Å². The third-order valence-electron chi connectivity index (χ3n) is 2.83. The van der Waals surface area contributed by atoms with Crippen LogP contribution in [0, 0.1) is 0 Å². The predicted octanol–water partition coefficient (Wildman–Crippen LogP) is 1.39. The van der Waals surface area contributed by atoms with Crippen molar-refractivity contribution >= 4 is 21.6 Å². The van der Waals surface area contributed by atoms with Gasteiger partial charge in [-0.3, -0.25) is 0 Å². The number of para-hydroxylation sites is 1. The van der Waals surface area contributed by atoms with Crippen LogP contribution in [0.25, 0.3) is 0 Å². The molecule has 1 heterocycles. The molecule has 1 aliphatic rings. The van der Waals surface area contributed by atoms with Gasteiger partial charge < -0.3 is 10.6 Å². The molecule has 0 spiro atoms. The highest BCUT2D eigenvalue weighted by Gasteiger charge is 2.25. The molecule has 0 unspecified atom stereocenters. The summed E-state index contributed by atoms with van der Waals surface area (Å²) in [5, 5.41) is 5.37. The number of sulfone groups is 1. The van der Waals surface area contributed by atoms with Crippen molar-refractivity contribution in [1.29, 1.82) is 0 Å². The molecule has 0 aromatic heterocycles. The zero-order valence-electron chi connectivity index (χ0n) is 9.93. The fourth-order valence-corrected chi connectivity index (χ4v) is 3.65. The van der Waals surface area contributed by atoms with Crippen molar-refractivity contribution in [3.05, 3.63) is 30.3 Å². The van der Waals surface area contributed by atoms with E-state index in [1.165, 1.54) is 0 Å². The lowest BCUT2D eigenvalue weighted by Gasteiger charge is -2.23. The maximum Gasteiger partial charge on any atom is 0.319 e. The van der Waals surface area contributed by atoms with Crippen molar-refractivity contribution < 1.29 is 13.2 Å². The number of benzene rings is 1. The maximum absolute atomic E-state index is 11.7. The first-order valence-electron chi connectivity index (χ1n) is 5.88. The van der Waals surface area contributed by atoms with Gasteiger partial charge in [0.05, 0.1) is 11.5 Å².